The molecule has 7 nitrogen and oxygen atoms in total. The summed E-state index contributed by atoms with van der Waals surface area (Å²) in [5.74, 6) is -0.722. The molecule has 10 heteroatoms. The fourth-order valence-electron chi connectivity index (χ4n) is 4.52. The molecule has 2 aromatic rings. The molecule has 0 spiro atoms. The molecule has 1 aliphatic rings. The maximum Gasteiger partial charge on any atom is 0.244 e. The number of rotatable bonds is 10. The van der Waals surface area contributed by atoms with Crippen LogP contribution in [-0.4, -0.2) is 50.0 Å². The number of sulfonamides is 1. The van der Waals surface area contributed by atoms with E-state index >= 15 is 0 Å². The summed E-state index contributed by atoms with van der Waals surface area (Å²) >= 11 is 12.3. The quantitative estimate of drug-likeness (QED) is 0.451. The Bertz CT molecular complexity index is 1200. The van der Waals surface area contributed by atoms with Crippen LogP contribution in [0, 0.1) is 6.92 Å². The van der Waals surface area contributed by atoms with Crippen LogP contribution in [0.2, 0.25) is 10.0 Å². The Morgan fingerprint density at radius 3 is 2.36 bits per heavy atom. The second-order valence-electron chi connectivity index (χ2n) is 9.29. The van der Waals surface area contributed by atoms with Gasteiger partial charge in [0.05, 0.1) is 22.0 Å². The minimum atomic E-state index is -3.77. The minimum absolute atomic E-state index is 0.0811. The molecule has 1 saturated carbocycles. The van der Waals surface area contributed by atoms with Gasteiger partial charge in [-0.3, -0.25) is 13.9 Å². The molecule has 1 fully saturated rings. The third-order valence-electron chi connectivity index (χ3n) is 6.39. The topological polar surface area (TPSA) is 86.8 Å². The molecule has 2 aromatic carbocycles. The molecule has 3 rings (SSSR count). The molecule has 0 bridgehead atoms. The molecular weight excluding hydrogens is 521 g/mol. The summed E-state index contributed by atoms with van der Waals surface area (Å²) in [7, 11) is -3.77. The van der Waals surface area contributed by atoms with Crippen molar-refractivity contribution in [2.75, 3.05) is 17.1 Å². The summed E-state index contributed by atoms with van der Waals surface area (Å²) in [5, 5.41) is 3.80. The van der Waals surface area contributed by atoms with Crippen molar-refractivity contribution in [3.8, 4) is 0 Å². The van der Waals surface area contributed by atoms with E-state index in [4.69, 9.17) is 23.2 Å². The van der Waals surface area contributed by atoms with Crippen LogP contribution in [0.1, 0.15) is 50.2 Å². The highest BCUT2D eigenvalue weighted by atomic mass is 35.5. The lowest BCUT2D eigenvalue weighted by molar-refractivity contribution is -0.140. The van der Waals surface area contributed by atoms with Crippen molar-refractivity contribution in [2.45, 2.75) is 64.6 Å². The SMILES string of the molecule is CC[C@H](C(=O)NC1CCCC1)N(Cc1ccc(Cl)c(Cl)c1)C(=O)CN(c1cccc(C)c1)S(C)(=O)=O. The lowest BCUT2D eigenvalue weighted by Gasteiger charge is -2.33. The summed E-state index contributed by atoms with van der Waals surface area (Å²) in [6.45, 7) is 3.33. The third kappa shape index (κ3) is 7.37. The highest BCUT2D eigenvalue weighted by Gasteiger charge is 2.33. The van der Waals surface area contributed by atoms with Crippen molar-refractivity contribution in [1.29, 1.82) is 0 Å². The maximum absolute atomic E-state index is 13.7. The van der Waals surface area contributed by atoms with Crippen LogP contribution in [0.3, 0.4) is 0 Å². The minimum Gasteiger partial charge on any atom is -0.352 e. The van der Waals surface area contributed by atoms with E-state index in [9.17, 15) is 18.0 Å². The summed E-state index contributed by atoms with van der Waals surface area (Å²) in [6.07, 6.45) is 5.39. The van der Waals surface area contributed by atoms with Crippen LogP contribution < -0.4 is 9.62 Å². The maximum atomic E-state index is 13.7. The van der Waals surface area contributed by atoms with E-state index in [1.165, 1.54) is 4.90 Å². The van der Waals surface area contributed by atoms with Gasteiger partial charge in [0.2, 0.25) is 21.8 Å². The van der Waals surface area contributed by atoms with Gasteiger partial charge in [0.15, 0.2) is 0 Å². The van der Waals surface area contributed by atoms with E-state index in [2.05, 4.69) is 5.32 Å². The van der Waals surface area contributed by atoms with Crippen LogP contribution >= 0.6 is 23.2 Å². The third-order valence-corrected chi connectivity index (χ3v) is 8.27. The summed E-state index contributed by atoms with van der Waals surface area (Å²) < 4.78 is 26.5. The number of nitrogens with zero attached hydrogens (tertiary/aromatic N) is 2. The Morgan fingerprint density at radius 2 is 1.78 bits per heavy atom. The van der Waals surface area contributed by atoms with E-state index in [0.29, 0.717) is 27.7 Å². The first kappa shape index (κ1) is 28.3. The number of halogens is 2. The second-order valence-corrected chi connectivity index (χ2v) is 12.0. The van der Waals surface area contributed by atoms with Crippen molar-refractivity contribution in [2.24, 2.45) is 0 Å². The number of carbonyl (C=O) groups is 2. The van der Waals surface area contributed by atoms with E-state index in [-0.39, 0.29) is 18.5 Å². The predicted octanol–water partition coefficient (Wildman–Crippen LogP) is 4.93. The normalized spacial score (nSPS) is 14.9. The molecule has 0 unspecified atom stereocenters. The van der Waals surface area contributed by atoms with E-state index in [1.54, 1.807) is 36.4 Å². The summed E-state index contributed by atoms with van der Waals surface area (Å²) in [4.78, 5) is 28.5. The number of hydrogen-bond acceptors (Lipinski definition) is 4. The molecule has 1 N–H and O–H groups in total. The first-order valence-electron chi connectivity index (χ1n) is 12.1. The fraction of sp³-hybridized carbons (Fsp3) is 0.462. The monoisotopic (exact) mass is 553 g/mol. The van der Waals surface area contributed by atoms with Crippen molar-refractivity contribution in [3.63, 3.8) is 0 Å². The fourth-order valence-corrected chi connectivity index (χ4v) is 5.68. The molecule has 36 heavy (non-hydrogen) atoms. The van der Waals surface area contributed by atoms with Crippen molar-refractivity contribution in [3.05, 3.63) is 63.6 Å². The molecule has 0 aliphatic heterocycles. The lowest BCUT2D eigenvalue weighted by Crippen LogP contribution is -2.53. The van der Waals surface area contributed by atoms with Gasteiger partial charge < -0.3 is 10.2 Å². The molecular formula is C26H33Cl2N3O4S. The van der Waals surface area contributed by atoms with Crippen LogP contribution in [0.15, 0.2) is 42.5 Å². The molecule has 0 saturated heterocycles. The number of nitrogens with one attached hydrogen (secondary N) is 1. The largest absolute Gasteiger partial charge is 0.352 e. The zero-order chi connectivity index (χ0) is 26.5. The second kappa shape index (κ2) is 12.3. The Kier molecular flexibility index (Phi) is 9.66. The van der Waals surface area contributed by atoms with Crippen LogP contribution in [-0.2, 0) is 26.2 Å². The molecule has 0 aromatic heterocycles. The Morgan fingerprint density at radius 1 is 1.08 bits per heavy atom. The molecule has 0 heterocycles. The van der Waals surface area contributed by atoms with Crippen molar-refractivity contribution >= 4 is 50.7 Å². The number of hydrogen-bond donors (Lipinski definition) is 1. The smallest absolute Gasteiger partial charge is 0.244 e. The molecule has 196 valence electrons. The Hall–Kier alpha value is -2.29. The number of benzene rings is 2. The molecule has 0 radical (unpaired) electrons. The van der Waals surface area contributed by atoms with Gasteiger partial charge in [-0.1, -0.05) is 61.2 Å². The van der Waals surface area contributed by atoms with Crippen LogP contribution in [0.5, 0.6) is 0 Å². The molecule has 1 atom stereocenters. The molecule has 2 amide bonds. The average molecular weight is 555 g/mol. The standard InChI is InChI=1S/C26H33Cl2N3O4S/c1-4-24(26(33)29-20-9-5-6-10-20)30(16-19-12-13-22(27)23(28)15-19)25(32)17-31(36(3,34)35)21-11-7-8-18(2)14-21/h7-8,11-15,20,24H,4-6,9-10,16-17H2,1-3H3,(H,29,33)/t24-/m1/s1. The van der Waals surface area contributed by atoms with Gasteiger partial charge in [-0.2, -0.15) is 0 Å². The van der Waals surface area contributed by atoms with Gasteiger partial charge in [0.25, 0.3) is 0 Å². The van der Waals surface area contributed by atoms with Crippen LogP contribution in [0.4, 0.5) is 5.69 Å². The van der Waals surface area contributed by atoms with Gasteiger partial charge in [0, 0.05) is 12.6 Å². The van der Waals surface area contributed by atoms with Crippen molar-refractivity contribution < 1.29 is 18.0 Å². The number of aryl methyl sites for hydroxylation is 1. The van der Waals surface area contributed by atoms with Gasteiger partial charge in [-0.25, -0.2) is 8.42 Å². The first-order valence-corrected chi connectivity index (χ1v) is 14.7. The Labute approximate surface area is 223 Å². The Balaban J connectivity index is 1.94. The van der Waals surface area contributed by atoms with E-state index in [1.807, 2.05) is 19.9 Å². The summed E-state index contributed by atoms with van der Waals surface area (Å²) in [5.41, 5.74) is 1.94. The predicted molar refractivity (Wildman–Crippen MR) is 145 cm³/mol. The average Bonchev–Trinajstić information content (AvgIpc) is 3.31. The van der Waals surface area contributed by atoms with Gasteiger partial charge in [-0.15, -0.1) is 0 Å². The lowest BCUT2D eigenvalue weighted by atomic mass is 10.1. The highest BCUT2D eigenvalue weighted by Crippen LogP contribution is 2.25. The van der Waals surface area contributed by atoms with Gasteiger partial charge in [-0.05, 0) is 61.6 Å². The number of carbonyl (C=O) groups excluding carboxylic acids is 2. The zero-order valence-electron chi connectivity index (χ0n) is 20.8. The van der Waals surface area contributed by atoms with Crippen molar-refractivity contribution in [1.82, 2.24) is 10.2 Å². The molecule has 1 aliphatic carbocycles. The first-order chi connectivity index (χ1) is 17.0. The van der Waals surface area contributed by atoms with E-state index in [0.717, 1.165) is 41.8 Å². The summed E-state index contributed by atoms with van der Waals surface area (Å²) in [6, 6.07) is 11.3. The van der Waals surface area contributed by atoms with E-state index < -0.39 is 28.5 Å². The van der Waals surface area contributed by atoms with Gasteiger partial charge in [0.1, 0.15) is 12.6 Å². The number of anilines is 1. The zero-order valence-corrected chi connectivity index (χ0v) is 23.2. The highest BCUT2D eigenvalue weighted by molar-refractivity contribution is 7.92. The number of amides is 2. The van der Waals surface area contributed by atoms with Crippen LogP contribution in [0.25, 0.3) is 0 Å². The van der Waals surface area contributed by atoms with Gasteiger partial charge >= 0.3 is 0 Å².